The molecule has 3 rings (SSSR count). The van der Waals surface area contributed by atoms with Crippen molar-refractivity contribution in [3.63, 3.8) is 0 Å². The van der Waals surface area contributed by atoms with Crippen molar-refractivity contribution in [2.24, 2.45) is 0 Å². The molecule has 1 atom stereocenters. The Bertz CT molecular complexity index is 665. The van der Waals surface area contributed by atoms with Gasteiger partial charge in [-0.05, 0) is 38.1 Å². The number of likely N-dealkylation sites (N-methyl/N-ethyl adjacent to an activating group) is 1. The maximum atomic E-state index is 5.94. The molecule has 0 spiro atoms. The lowest BCUT2D eigenvalue weighted by Gasteiger charge is -2.11. The Morgan fingerprint density at radius 1 is 1.35 bits per heavy atom. The lowest BCUT2D eigenvalue weighted by atomic mass is 10.1. The number of para-hydroxylation sites is 1. The molecule has 3 aromatic rings. The van der Waals surface area contributed by atoms with Crippen molar-refractivity contribution in [1.29, 1.82) is 0 Å². The number of hydrogen-bond donors (Lipinski definition) is 1. The number of aromatic nitrogens is 2. The van der Waals surface area contributed by atoms with E-state index in [0.29, 0.717) is 0 Å². The molecule has 0 saturated carbocycles. The number of hydrogen-bond acceptors (Lipinski definition) is 3. The zero-order chi connectivity index (χ0) is 13.9. The lowest BCUT2D eigenvalue weighted by molar-refractivity contribution is 0.451. The minimum Gasteiger partial charge on any atom is -0.459 e. The van der Waals surface area contributed by atoms with Gasteiger partial charge in [0.05, 0.1) is 12.2 Å². The summed E-state index contributed by atoms with van der Waals surface area (Å²) in [5, 5.41) is 8.79. The monoisotopic (exact) mass is 269 g/mol. The Kier molecular flexibility index (Phi) is 3.56. The van der Waals surface area contributed by atoms with Crippen molar-refractivity contribution >= 4 is 11.0 Å². The van der Waals surface area contributed by atoms with Crippen LogP contribution in [-0.2, 0) is 13.0 Å². The maximum Gasteiger partial charge on any atom is 0.134 e. The first-order valence-corrected chi connectivity index (χ1v) is 6.97. The second-order valence-electron chi connectivity index (χ2n) is 4.94. The van der Waals surface area contributed by atoms with Crippen molar-refractivity contribution in [1.82, 2.24) is 15.1 Å². The molecular formula is C16H19N3O. The molecule has 4 nitrogen and oxygen atoms in total. The van der Waals surface area contributed by atoms with Crippen molar-refractivity contribution in [3.8, 4) is 0 Å². The van der Waals surface area contributed by atoms with Crippen molar-refractivity contribution in [2.45, 2.75) is 25.9 Å². The van der Waals surface area contributed by atoms with E-state index in [1.165, 1.54) is 5.56 Å². The topological polar surface area (TPSA) is 43.0 Å². The number of nitrogens with one attached hydrogen (secondary N) is 1. The van der Waals surface area contributed by atoms with Crippen LogP contribution in [0.1, 0.15) is 24.3 Å². The van der Waals surface area contributed by atoms with Crippen LogP contribution in [0.25, 0.3) is 11.0 Å². The van der Waals surface area contributed by atoms with Crippen LogP contribution in [0.5, 0.6) is 0 Å². The van der Waals surface area contributed by atoms with E-state index in [4.69, 9.17) is 4.42 Å². The van der Waals surface area contributed by atoms with Gasteiger partial charge in [0.15, 0.2) is 0 Å². The summed E-state index contributed by atoms with van der Waals surface area (Å²) >= 11 is 0. The Balaban J connectivity index is 1.85. The third-order valence-corrected chi connectivity index (χ3v) is 3.59. The van der Waals surface area contributed by atoms with Crippen LogP contribution >= 0.6 is 0 Å². The minimum atomic E-state index is 0.164. The molecule has 0 aliphatic carbocycles. The zero-order valence-electron chi connectivity index (χ0n) is 11.8. The van der Waals surface area contributed by atoms with Crippen LogP contribution in [0.2, 0.25) is 0 Å². The highest BCUT2D eigenvalue weighted by molar-refractivity contribution is 5.77. The van der Waals surface area contributed by atoms with Gasteiger partial charge in [-0.3, -0.25) is 4.68 Å². The zero-order valence-corrected chi connectivity index (χ0v) is 11.8. The van der Waals surface area contributed by atoms with Crippen molar-refractivity contribution < 1.29 is 4.42 Å². The first-order chi connectivity index (χ1) is 9.80. The summed E-state index contributed by atoms with van der Waals surface area (Å²) in [6, 6.07) is 10.4. The van der Waals surface area contributed by atoms with Crippen molar-refractivity contribution in [3.05, 3.63) is 54.0 Å². The SMILES string of the molecule is CCn1cc(CC(NC)c2cc3ccccc3o2)cn1. The van der Waals surface area contributed by atoms with Gasteiger partial charge in [-0.25, -0.2) is 0 Å². The highest BCUT2D eigenvalue weighted by Gasteiger charge is 2.16. The van der Waals surface area contributed by atoms with Gasteiger partial charge in [-0.1, -0.05) is 18.2 Å². The van der Waals surface area contributed by atoms with Crippen LogP contribution < -0.4 is 5.32 Å². The minimum absolute atomic E-state index is 0.164. The molecule has 4 heteroatoms. The molecule has 0 saturated heterocycles. The Hall–Kier alpha value is -2.07. The molecule has 0 bridgehead atoms. The fourth-order valence-electron chi connectivity index (χ4n) is 2.44. The van der Waals surface area contributed by atoms with E-state index < -0.39 is 0 Å². The number of benzene rings is 1. The number of rotatable bonds is 5. The number of fused-ring (bicyclic) bond motifs is 1. The Morgan fingerprint density at radius 2 is 2.20 bits per heavy atom. The average molecular weight is 269 g/mol. The third-order valence-electron chi connectivity index (χ3n) is 3.59. The molecule has 1 aromatic carbocycles. The second-order valence-corrected chi connectivity index (χ2v) is 4.94. The molecule has 1 unspecified atom stereocenters. The Morgan fingerprint density at radius 3 is 2.90 bits per heavy atom. The lowest BCUT2D eigenvalue weighted by Crippen LogP contribution is -2.18. The summed E-state index contributed by atoms with van der Waals surface area (Å²) in [5.74, 6) is 0.970. The van der Waals surface area contributed by atoms with Crippen LogP contribution in [0.3, 0.4) is 0 Å². The Labute approximate surface area is 118 Å². The molecule has 20 heavy (non-hydrogen) atoms. The second kappa shape index (κ2) is 5.51. The van der Waals surface area contributed by atoms with Gasteiger partial charge in [0, 0.05) is 18.1 Å². The highest BCUT2D eigenvalue weighted by atomic mass is 16.3. The van der Waals surface area contributed by atoms with E-state index in [2.05, 4.69) is 35.7 Å². The standard InChI is InChI=1S/C16H19N3O/c1-3-19-11-12(10-18-19)8-14(17-2)16-9-13-6-4-5-7-15(13)20-16/h4-7,9-11,14,17H,3,8H2,1-2H3. The molecule has 0 aliphatic rings. The van der Waals surface area contributed by atoms with Crippen LogP contribution in [0, 0.1) is 0 Å². The maximum absolute atomic E-state index is 5.94. The first kappa shape index (κ1) is 12.9. The largest absolute Gasteiger partial charge is 0.459 e. The summed E-state index contributed by atoms with van der Waals surface area (Å²) < 4.78 is 7.88. The quantitative estimate of drug-likeness (QED) is 0.773. The van der Waals surface area contributed by atoms with Gasteiger partial charge >= 0.3 is 0 Å². The van der Waals surface area contributed by atoms with E-state index in [9.17, 15) is 0 Å². The molecule has 2 aromatic heterocycles. The molecule has 0 aliphatic heterocycles. The van der Waals surface area contributed by atoms with Gasteiger partial charge in [-0.2, -0.15) is 5.10 Å². The molecular weight excluding hydrogens is 250 g/mol. The summed E-state index contributed by atoms with van der Waals surface area (Å²) in [4.78, 5) is 0. The molecule has 1 N–H and O–H groups in total. The van der Waals surface area contributed by atoms with E-state index >= 15 is 0 Å². The summed E-state index contributed by atoms with van der Waals surface area (Å²) in [6.45, 7) is 2.99. The molecule has 0 amide bonds. The number of aryl methyl sites for hydroxylation is 1. The predicted octanol–water partition coefficient (Wildman–Crippen LogP) is 3.15. The van der Waals surface area contributed by atoms with E-state index in [-0.39, 0.29) is 6.04 Å². The normalized spacial score (nSPS) is 12.9. The van der Waals surface area contributed by atoms with E-state index in [0.717, 1.165) is 29.7 Å². The highest BCUT2D eigenvalue weighted by Crippen LogP contribution is 2.25. The van der Waals surface area contributed by atoms with Gasteiger partial charge in [0.1, 0.15) is 11.3 Å². The van der Waals surface area contributed by atoms with E-state index in [1.54, 1.807) is 0 Å². The average Bonchev–Trinajstić information content (AvgIpc) is 3.10. The number of furan rings is 1. The predicted molar refractivity (Wildman–Crippen MR) is 79.6 cm³/mol. The molecule has 2 heterocycles. The smallest absolute Gasteiger partial charge is 0.134 e. The first-order valence-electron chi connectivity index (χ1n) is 6.97. The van der Waals surface area contributed by atoms with Gasteiger partial charge in [0.25, 0.3) is 0 Å². The fraction of sp³-hybridized carbons (Fsp3) is 0.312. The van der Waals surface area contributed by atoms with Gasteiger partial charge in [-0.15, -0.1) is 0 Å². The molecule has 104 valence electrons. The summed E-state index contributed by atoms with van der Waals surface area (Å²) in [6.07, 6.45) is 4.89. The fourth-order valence-corrected chi connectivity index (χ4v) is 2.44. The van der Waals surface area contributed by atoms with Crippen LogP contribution in [0.4, 0.5) is 0 Å². The number of nitrogens with zero attached hydrogens (tertiary/aromatic N) is 2. The van der Waals surface area contributed by atoms with E-state index in [1.807, 2.05) is 36.1 Å². The van der Waals surface area contributed by atoms with Crippen molar-refractivity contribution in [2.75, 3.05) is 7.05 Å². The third kappa shape index (κ3) is 2.47. The summed E-state index contributed by atoms with van der Waals surface area (Å²) in [5.41, 5.74) is 2.15. The molecule has 0 fully saturated rings. The van der Waals surface area contributed by atoms with Crippen LogP contribution in [0.15, 0.2) is 47.1 Å². The molecule has 0 radical (unpaired) electrons. The van der Waals surface area contributed by atoms with Gasteiger partial charge < -0.3 is 9.73 Å². The van der Waals surface area contributed by atoms with Gasteiger partial charge in [0.2, 0.25) is 0 Å². The summed E-state index contributed by atoms with van der Waals surface area (Å²) in [7, 11) is 1.96. The van der Waals surface area contributed by atoms with Crippen LogP contribution in [-0.4, -0.2) is 16.8 Å².